The summed E-state index contributed by atoms with van der Waals surface area (Å²) in [6.45, 7) is 18.7. The average Bonchev–Trinajstić information content (AvgIpc) is 2.85. The van der Waals surface area contributed by atoms with Crippen molar-refractivity contribution >= 4 is 38.1 Å². The minimum Gasteiger partial charge on any atom is -0.542 e. The molecular formula is C20H30N2OSi2. The summed E-state index contributed by atoms with van der Waals surface area (Å²) in [4.78, 5) is 4.69. The molecule has 5 heteroatoms. The van der Waals surface area contributed by atoms with Gasteiger partial charge in [-0.3, -0.25) is 4.98 Å². The van der Waals surface area contributed by atoms with E-state index in [1.54, 1.807) is 0 Å². The quantitative estimate of drug-likeness (QED) is 0.576. The van der Waals surface area contributed by atoms with Crippen molar-refractivity contribution in [1.82, 2.24) is 9.38 Å². The Bertz CT molecular complexity index is 930. The highest BCUT2D eigenvalue weighted by atomic mass is 28.4. The molecule has 0 saturated carbocycles. The van der Waals surface area contributed by atoms with Gasteiger partial charge in [0.15, 0.2) is 0 Å². The van der Waals surface area contributed by atoms with Crippen molar-refractivity contribution in [2.45, 2.75) is 58.5 Å². The fourth-order valence-electron chi connectivity index (χ4n) is 2.78. The molecule has 0 bridgehead atoms. The fourth-order valence-corrected chi connectivity index (χ4v) is 5.29. The van der Waals surface area contributed by atoms with Crippen molar-refractivity contribution in [1.29, 1.82) is 0 Å². The molecule has 3 nitrogen and oxygen atoms in total. The first kappa shape index (κ1) is 18.2. The molecule has 0 N–H and O–H groups in total. The second kappa shape index (κ2) is 5.71. The second-order valence-electron chi connectivity index (χ2n) is 9.49. The van der Waals surface area contributed by atoms with Crippen LogP contribution in [0.2, 0.25) is 37.8 Å². The number of hydrogen-bond donors (Lipinski definition) is 0. The molecule has 0 radical (unpaired) electrons. The lowest BCUT2D eigenvalue weighted by Gasteiger charge is -2.37. The lowest BCUT2D eigenvalue weighted by atomic mass is 10.2. The van der Waals surface area contributed by atoms with E-state index in [9.17, 15) is 0 Å². The third-order valence-electron chi connectivity index (χ3n) is 5.43. The van der Waals surface area contributed by atoms with Gasteiger partial charge in [0.05, 0.1) is 25.3 Å². The van der Waals surface area contributed by atoms with E-state index in [1.807, 2.05) is 12.3 Å². The Morgan fingerprint density at radius 3 is 2.20 bits per heavy atom. The van der Waals surface area contributed by atoms with Gasteiger partial charge < -0.3 is 8.83 Å². The summed E-state index contributed by atoms with van der Waals surface area (Å²) >= 11 is 0. The highest BCUT2D eigenvalue weighted by Crippen LogP contribution is 2.39. The van der Waals surface area contributed by atoms with Crippen LogP contribution >= 0.6 is 0 Å². The monoisotopic (exact) mass is 370 g/mol. The average molecular weight is 371 g/mol. The van der Waals surface area contributed by atoms with Gasteiger partial charge >= 0.3 is 0 Å². The number of aromatic nitrogens is 2. The van der Waals surface area contributed by atoms with E-state index in [2.05, 4.69) is 87.3 Å². The Labute approximate surface area is 153 Å². The third kappa shape index (κ3) is 3.15. The lowest BCUT2D eigenvalue weighted by molar-refractivity contribution is 0.499. The molecular weight excluding hydrogens is 340 g/mol. The Balaban J connectivity index is 2.31. The molecule has 2 aromatic heterocycles. The Kier molecular flexibility index (Phi) is 4.16. The predicted molar refractivity (Wildman–Crippen MR) is 114 cm³/mol. The van der Waals surface area contributed by atoms with Crippen LogP contribution < -0.4 is 9.61 Å². The van der Waals surface area contributed by atoms with Gasteiger partial charge in [-0.2, -0.15) is 0 Å². The normalized spacial score (nSPS) is 13.6. The first-order valence-corrected chi connectivity index (χ1v) is 15.4. The molecule has 1 aromatic carbocycles. The minimum absolute atomic E-state index is 0.169. The molecule has 3 aromatic rings. The summed E-state index contributed by atoms with van der Waals surface area (Å²) in [6.07, 6.45) is 4.28. The van der Waals surface area contributed by atoms with Gasteiger partial charge in [0, 0.05) is 6.20 Å². The largest absolute Gasteiger partial charge is 0.542 e. The van der Waals surface area contributed by atoms with E-state index in [1.165, 1.54) is 5.19 Å². The van der Waals surface area contributed by atoms with Crippen LogP contribution in [0.25, 0.3) is 16.6 Å². The van der Waals surface area contributed by atoms with E-state index in [4.69, 9.17) is 4.43 Å². The number of rotatable bonds is 3. The first-order valence-electron chi connectivity index (χ1n) is 9.00. The number of fused-ring (bicyclic) bond motifs is 3. The number of para-hydroxylation sites is 2. The Hall–Kier alpha value is -1.60. The fraction of sp³-hybridized carbons (Fsp3) is 0.450. The summed E-state index contributed by atoms with van der Waals surface area (Å²) in [5.41, 5.74) is 3.26. The number of benzene rings is 1. The van der Waals surface area contributed by atoms with Crippen LogP contribution in [0, 0.1) is 0 Å². The molecule has 0 spiro atoms. The van der Waals surface area contributed by atoms with Gasteiger partial charge in [-0.15, -0.1) is 0 Å². The zero-order valence-corrected chi connectivity index (χ0v) is 18.8. The van der Waals surface area contributed by atoms with Gasteiger partial charge in [-0.1, -0.05) is 52.5 Å². The van der Waals surface area contributed by atoms with Crippen LogP contribution in [0.1, 0.15) is 20.8 Å². The van der Waals surface area contributed by atoms with Crippen molar-refractivity contribution in [3.8, 4) is 5.75 Å². The van der Waals surface area contributed by atoms with Crippen molar-refractivity contribution in [3.05, 3.63) is 36.7 Å². The standard InChI is InChI=1S/C20H30N2OSi2/c1-20(2,3)25(7,8)23-19-17-13-21-15-11-9-10-12-16(15)22(17)14-18(19)24(4,5)6/h9-14H,1-8H3. The van der Waals surface area contributed by atoms with E-state index in [0.717, 1.165) is 22.3 Å². The third-order valence-corrected chi connectivity index (χ3v) is 11.7. The molecule has 2 heterocycles. The summed E-state index contributed by atoms with van der Waals surface area (Å²) in [6, 6.07) is 8.32. The summed E-state index contributed by atoms with van der Waals surface area (Å²) in [5.74, 6) is 1.07. The van der Waals surface area contributed by atoms with E-state index in [-0.39, 0.29) is 5.04 Å². The van der Waals surface area contributed by atoms with Crippen LogP contribution in [0.4, 0.5) is 0 Å². The smallest absolute Gasteiger partial charge is 0.250 e. The maximum atomic E-state index is 6.84. The highest BCUT2D eigenvalue weighted by molar-refractivity contribution is 6.89. The summed E-state index contributed by atoms with van der Waals surface area (Å²) < 4.78 is 9.12. The molecule has 0 saturated heterocycles. The van der Waals surface area contributed by atoms with Crippen molar-refractivity contribution in [3.63, 3.8) is 0 Å². The molecule has 0 aliphatic heterocycles. The Morgan fingerprint density at radius 1 is 0.960 bits per heavy atom. The SMILES string of the molecule is CC(C)(C)[Si](C)(C)Oc1c([Si](C)(C)C)cn2c1cnc1ccccc12. The zero-order valence-electron chi connectivity index (χ0n) is 16.8. The van der Waals surface area contributed by atoms with Gasteiger partial charge in [0.1, 0.15) is 11.3 Å². The van der Waals surface area contributed by atoms with Crippen LogP contribution in [-0.4, -0.2) is 25.8 Å². The number of nitrogens with zero attached hydrogens (tertiary/aromatic N) is 2. The molecule has 3 rings (SSSR count). The molecule has 0 aliphatic rings. The van der Waals surface area contributed by atoms with Crippen molar-refractivity contribution < 1.29 is 4.43 Å². The lowest BCUT2D eigenvalue weighted by Crippen LogP contribution is -2.47. The molecule has 0 fully saturated rings. The molecule has 0 atom stereocenters. The second-order valence-corrected chi connectivity index (χ2v) is 19.2. The first-order chi connectivity index (χ1) is 11.4. The van der Waals surface area contributed by atoms with Gasteiger partial charge in [0.25, 0.3) is 8.32 Å². The molecule has 134 valence electrons. The van der Waals surface area contributed by atoms with Gasteiger partial charge in [-0.05, 0) is 35.5 Å². The van der Waals surface area contributed by atoms with E-state index in [0.29, 0.717) is 0 Å². The zero-order chi connectivity index (χ0) is 18.6. The van der Waals surface area contributed by atoms with Crippen molar-refractivity contribution in [2.75, 3.05) is 0 Å². The van der Waals surface area contributed by atoms with Gasteiger partial charge in [-0.25, -0.2) is 0 Å². The maximum Gasteiger partial charge on any atom is 0.250 e. The van der Waals surface area contributed by atoms with Gasteiger partial charge in [0.2, 0.25) is 0 Å². The van der Waals surface area contributed by atoms with E-state index < -0.39 is 16.4 Å². The summed E-state index contributed by atoms with van der Waals surface area (Å²) in [7, 11) is -3.48. The Morgan fingerprint density at radius 2 is 1.60 bits per heavy atom. The topological polar surface area (TPSA) is 26.5 Å². The van der Waals surface area contributed by atoms with Crippen LogP contribution in [0.3, 0.4) is 0 Å². The minimum atomic E-state index is -1.92. The molecule has 0 unspecified atom stereocenters. The molecule has 0 aliphatic carbocycles. The van der Waals surface area contributed by atoms with Crippen LogP contribution in [-0.2, 0) is 0 Å². The number of hydrogen-bond acceptors (Lipinski definition) is 2. The predicted octanol–water partition coefficient (Wildman–Crippen LogP) is 5.42. The molecule has 25 heavy (non-hydrogen) atoms. The summed E-state index contributed by atoms with van der Waals surface area (Å²) in [5, 5.41) is 1.55. The highest BCUT2D eigenvalue weighted by Gasteiger charge is 2.41. The van der Waals surface area contributed by atoms with E-state index >= 15 is 0 Å². The van der Waals surface area contributed by atoms with Crippen molar-refractivity contribution in [2.24, 2.45) is 0 Å². The maximum absolute atomic E-state index is 6.84. The molecule has 0 amide bonds. The van der Waals surface area contributed by atoms with Crippen LogP contribution in [0.5, 0.6) is 5.75 Å². The van der Waals surface area contributed by atoms with Crippen LogP contribution in [0.15, 0.2) is 36.7 Å².